The zero-order valence-corrected chi connectivity index (χ0v) is 17.1. The van der Waals surface area contributed by atoms with E-state index in [2.05, 4.69) is 11.9 Å². The molecule has 0 saturated carbocycles. The average Bonchev–Trinajstić information content (AvgIpc) is 3.08. The third kappa shape index (κ3) is 3.77. The van der Waals surface area contributed by atoms with Gasteiger partial charge in [-0.2, -0.15) is 0 Å². The van der Waals surface area contributed by atoms with Gasteiger partial charge in [-0.3, -0.25) is 14.2 Å². The Morgan fingerprint density at radius 1 is 1.29 bits per heavy atom. The Bertz CT molecular complexity index is 1090. The smallest absolute Gasteiger partial charge is 0.263 e. The Kier molecular flexibility index (Phi) is 5.64. The van der Waals surface area contributed by atoms with Crippen molar-refractivity contribution in [2.24, 2.45) is 0 Å². The number of carbonyl (C=O) groups excluding carboxylic acids is 1. The SMILES string of the molecule is C=CCn1c(SCC(=O)Nc2ccccc2)nc2sc3c(c2c1=O)CCCC3. The summed E-state index contributed by atoms with van der Waals surface area (Å²) in [4.78, 5) is 32.3. The van der Waals surface area contributed by atoms with Gasteiger partial charge in [0.2, 0.25) is 5.91 Å². The van der Waals surface area contributed by atoms with Crippen molar-refractivity contribution in [1.29, 1.82) is 0 Å². The molecule has 1 aliphatic carbocycles. The molecule has 3 aromatic rings. The van der Waals surface area contributed by atoms with Gasteiger partial charge in [-0.25, -0.2) is 4.98 Å². The second kappa shape index (κ2) is 8.32. The Morgan fingerprint density at radius 2 is 2.07 bits per heavy atom. The summed E-state index contributed by atoms with van der Waals surface area (Å²) < 4.78 is 1.64. The van der Waals surface area contributed by atoms with Crippen LogP contribution in [0.25, 0.3) is 10.2 Å². The van der Waals surface area contributed by atoms with Crippen LogP contribution in [-0.2, 0) is 24.2 Å². The van der Waals surface area contributed by atoms with Crippen molar-refractivity contribution in [3.63, 3.8) is 0 Å². The van der Waals surface area contributed by atoms with E-state index >= 15 is 0 Å². The lowest BCUT2D eigenvalue weighted by Gasteiger charge is -2.12. The van der Waals surface area contributed by atoms with Crippen molar-refractivity contribution < 1.29 is 4.79 Å². The molecule has 1 amide bonds. The minimum absolute atomic E-state index is 0.0183. The fourth-order valence-corrected chi connectivity index (χ4v) is 5.58. The number of carbonyl (C=O) groups is 1. The molecular weight excluding hydrogens is 390 g/mol. The molecule has 0 bridgehead atoms. The van der Waals surface area contributed by atoms with Gasteiger partial charge < -0.3 is 5.32 Å². The molecule has 1 aliphatic rings. The maximum Gasteiger partial charge on any atom is 0.263 e. The van der Waals surface area contributed by atoms with Crippen LogP contribution in [0.15, 0.2) is 52.9 Å². The standard InChI is InChI=1S/C21H21N3O2S2/c1-2-12-24-20(26)18-15-10-6-7-11-16(15)28-19(18)23-21(24)27-13-17(25)22-14-8-4-3-5-9-14/h2-5,8-9H,1,6-7,10-13H2,(H,22,25). The summed E-state index contributed by atoms with van der Waals surface area (Å²) >= 11 is 2.92. The number of thioether (sulfide) groups is 1. The molecule has 4 rings (SSSR count). The summed E-state index contributed by atoms with van der Waals surface area (Å²) in [6.07, 6.45) is 5.96. The molecule has 1 aromatic carbocycles. The van der Waals surface area contributed by atoms with E-state index in [9.17, 15) is 9.59 Å². The molecule has 0 spiro atoms. The Balaban J connectivity index is 1.62. The summed E-state index contributed by atoms with van der Waals surface area (Å²) in [6.45, 7) is 4.15. The van der Waals surface area contributed by atoms with Crippen molar-refractivity contribution in [2.75, 3.05) is 11.1 Å². The molecule has 0 saturated heterocycles. The Morgan fingerprint density at radius 3 is 2.86 bits per heavy atom. The molecule has 5 nitrogen and oxygen atoms in total. The summed E-state index contributed by atoms with van der Waals surface area (Å²) in [6, 6.07) is 9.34. The van der Waals surface area contributed by atoms with Gasteiger partial charge in [0.1, 0.15) is 4.83 Å². The van der Waals surface area contributed by atoms with Crippen molar-refractivity contribution in [2.45, 2.75) is 37.4 Å². The minimum atomic E-state index is -0.124. The predicted octanol–water partition coefficient (Wildman–Crippen LogP) is 4.25. The monoisotopic (exact) mass is 411 g/mol. The lowest BCUT2D eigenvalue weighted by molar-refractivity contribution is -0.113. The molecular formula is C21H21N3O2S2. The fraction of sp³-hybridized carbons (Fsp3) is 0.286. The number of anilines is 1. The molecule has 1 N–H and O–H groups in total. The van der Waals surface area contributed by atoms with E-state index in [1.807, 2.05) is 30.3 Å². The number of rotatable bonds is 6. The van der Waals surface area contributed by atoms with Crippen molar-refractivity contribution in [3.8, 4) is 0 Å². The number of nitrogens with zero attached hydrogens (tertiary/aromatic N) is 2. The molecule has 0 atom stereocenters. The lowest BCUT2D eigenvalue weighted by atomic mass is 9.97. The summed E-state index contributed by atoms with van der Waals surface area (Å²) in [5.41, 5.74) is 1.92. The van der Waals surface area contributed by atoms with Crippen LogP contribution in [0.2, 0.25) is 0 Å². The maximum atomic E-state index is 13.2. The first-order valence-electron chi connectivity index (χ1n) is 9.31. The van der Waals surface area contributed by atoms with E-state index in [0.29, 0.717) is 11.7 Å². The first kappa shape index (κ1) is 19.0. The van der Waals surface area contributed by atoms with E-state index in [1.165, 1.54) is 28.6 Å². The predicted molar refractivity (Wildman–Crippen MR) is 117 cm³/mol. The van der Waals surface area contributed by atoms with E-state index in [4.69, 9.17) is 4.98 Å². The van der Waals surface area contributed by atoms with E-state index in [1.54, 1.807) is 22.0 Å². The zero-order valence-electron chi connectivity index (χ0n) is 15.4. The summed E-state index contributed by atoms with van der Waals surface area (Å²) in [5.74, 6) is 0.0656. The fourth-order valence-electron chi connectivity index (χ4n) is 3.47. The van der Waals surface area contributed by atoms with Gasteiger partial charge in [0, 0.05) is 17.1 Å². The molecule has 2 aromatic heterocycles. The first-order chi connectivity index (χ1) is 13.7. The molecule has 2 heterocycles. The Labute approximate surface area is 171 Å². The van der Waals surface area contributed by atoms with Gasteiger partial charge in [-0.15, -0.1) is 17.9 Å². The molecule has 28 heavy (non-hydrogen) atoms. The molecule has 144 valence electrons. The van der Waals surface area contributed by atoms with E-state index in [0.717, 1.165) is 35.2 Å². The van der Waals surface area contributed by atoms with E-state index < -0.39 is 0 Å². The van der Waals surface area contributed by atoms with Crippen LogP contribution >= 0.6 is 23.1 Å². The molecule has 0 unspecified atom stereocenters. The number of hydrogen-bond acceptors (Lipinski definition) is 5. The van der Waals surface area contributed by atoms with Crippen LogP contribution in [-0.4, -0.2) is 21.2 Å². The highest BCUT2D eigenvalue weighted by Gasteiger charge is 2.22. The highest BCUT2D eigenvalue weighted by molar-refractivity contribution is 7.99. The zero-order chi connectivity index (χ0) is 19.5. The summed E-state index contributed by atoms with van der Waals surface area (Å²) in [7, 11) is 0. The van der Waals surface area contributed by atoms with Crippen LogP contribution < -0.4 is 10.9 Å². The van der Waals surface area contributed by atoms with Gasteiger partial charge in [-0.05, 0) is 43.4 Å². The van der Waals surface area contributed by atoms with Crippen molar-refractivity contribution in [3.05, 3.63) is 63.8 Å². The quantitative estimate of drug-likeness (QED) is 0.374. The number of fused-ring (bicyclic) bond motifs is 3. The topological polar surface area (TPSA) is 64.0 Å². The number of amides is 1. The highest BCUT2D eigenvalue weighted by atomic mass is 32.2. The number of hydrogen-bond donors (Lipinski definition) is 1. The second-order valence-electron chi connectivity index (χ2n) is 6.69. The first-order valence-corrected chi connectivity index (χ1v) is 11.1. The lowest BCUT2D eigenvalue weighted by Crippen LogP contribution is -2.24. The average molecular weight is 412 g/mol. The highest BCUT2D eigenvalue weighted by Crippen LogP contribution is 2.34. The number of allylic oxidation sites excluding steroid dienone is 1. The van der Waals surface area contributed by atoms with Crippen LogP contribution in [0.4, 0.5) is 5.69 Å². The Hall–Kier alpha value is -2.38. The largest absolute Gasteiger partial charge is 0.325 e. The summed E-state index contributed by atoms with van der Waals surface area (Å²) in [5, 5.41) is 4.19. The van der Waals surface area contributed by atoms with Crippen molar-refractivity contribution >= 4 is 44.9 Å². The molecule has 0 aliphatic heterocycles. The molecule has 7 heteroatoms. The number of nitrogens with one attached hydrogen (secondary N) is 1. The van der Waals surface area contributed by atoms with Crippen LogP contribution in [0.3, 0.4) is 0 Å². The van der Waals surface area contributed by atoms with Crippen molar-refractivity contribution in [1.82, 2.24) is 9.55 Å². The number of para-hydroxylation sites is 1. The van der Waals surface area contributed by atoms with Gasteiger partial charge in [0.05, 0.1) is 11.1 Å². The third-order valence-electron chi connectivity index (χ3n) is 4.74. The molecule has 0 fully saturated rings. The van der Waals surface area contributed by atoms with Gasteiger partial charge >= 0.3 is 0 Å². The minimum Gasteiger partial charge on any atom is -0.325 e. The normalized spacial score (nSPS) is 13.3. The molecule has 0 radical (unpaired) electrons. The number of aryl methyl sites for hydroxylation is 2. The van der Waals surface area contributed by atoms with Crippen LogP contribution in [0.1, 0.15) is 23.3 Å². The van der Waals surface area contributed by atoms with Crippen LogP contribution in [0.5, 0.6) is 0 Å². The van der Waals surface area contributed by atoms with Gasteiger partial charge in [-0.1, -0.05) is 36.0 Å². The van der Waals surface area contributed by atoms with Gasteiger partial charge in [0.15, 0.2) is 5.16 Å². The van der Waals surface area contributed by atoms with Crippen LogP contribution in [0, 0.1) is 0 Å². The second-order valence-corrected chi connectivity index (χ2v) is 8.72. The van der Waals surface area contributed by atoms with E-state index in [-0.39, 0.29) is 17.2 Å². The number of aromatic nitrogens is 2. The third-order valence-corrected chi connectivity index (χ3v) is 6.90. The number of thiophene rings is 1. The van der Waals surface area contributed by atoms with Gasteiger partial charge in [0.25, 0.3) is 5.56 Å². The number of benzene rings is 1. The maximum absolute atomic E-state index is 13.2.